The molecule has 0 saturated heterocycles. The van der Waals surface area contributed by atoms with Gasteiger partial charge >= 0.3 is 12.2 Å². The van der Waals surface area contributed by atoms with E-state index in [1.54, 1.807) is 6.26 Å². The lowest BCUT2D eigenvalue weighted by molar-refractivity contribution is -0.134. The fourth-order valence-electron chi connectivity index (χ4n) is 2.31. The summed E-state index contributed by atoms with van der Waals surface area (Å²) in [5, 5.41) is 5.64. The van der Waals surface area contributed by atoms with Gasteiger partial charge in [0.15, 0.2) is 5.13 Å². The van der Waals surface area contributed by atoms with Gasteiger partial charge in [0, 0.05) is 17.5 Å². The summed E-state index contributed by atoms with van der Waals surface area (Å²) in [6.07, 6.45) is -2.22. The Balaban J connectivity index is 1.65. The highest BCUT2D eigenvalue weighted by atomic mass is 32.1. The van der Waals surface area contributed by atoms with E-state index in [-0.39, 0.29) is 11.7 Å². The number of nitrogens with zero attached hydrogens (tertiary/aromatic N) is 1. The Hall–Kier alpha value is -2.55. The number of alkyl halides is 3. The van der Waals surface area contributed by atoms with Crippen molar-refractivity contribution in [1.29, 1.82) is 0 Å². The quantitative estimate of drug-likeness (QED) is 0.694. The Morgan fingerprint density at radius 1 is 1.32 bits per heavy atom. The van der Waals surface area contributed by atoms with E-state index >= 15 is 0 Å². The number of hydrogen-bond acceptors (Lipinski definition) is 4. The number of fused-ring (bicyclic) bond motifs is 1. The molecule has 0 saturated carbocycles. The van der Waals surface area contributed by atoms with Crippen molar-refractivity contribution in [2.24, 2.45) is 0 Å². The van der Waals surface area contributed by atoms with Gasteiger partial charge in [-0.3, -0.25) is 5.32 Å². The first-order valence-corrected chi connectivity index (χ1v) is 8.11. The Morgan fingerprint density at radius 2 is 2.08 bits per heavy atom. The molecule has 2 N–H and O–H groups in total. The zero-order valence-corrected chi connectivity index (χ0v) is 14.1. The molecule has 132 valence electrons. The molecule has 1 aromatic carbocycles. The van der Waals surface area contributed by atoms with Gasteiger partial charge in [-0.05, 0) is 25.0 Å². The average Bonchev–Trinajstić information content (AvgIpc) is 3.15. The molecule has 9 heteroatoms. The number of furan rings is 1. The fraction of sp³-hybridized carbons (Fsp3) is 0.250. The van der Waals surface area contributed by atoms with Gasteiger partial charge in [-0.1, -0.05) is 23.5 Å². The summed E-state index contributed by atoms with van der Waals surface area (Å²) in [5.74, 6) is 0. The van der Waals surface area contributed by atoms with Gasteiger partial charge in [-0.2, -0.15) is 13.2 Å². The lowest BCUT2D eigenvalue weighted by Gasteiger charge is -2.05. The van der Waals surface area contributed by atoms with Crippen molar-refractivity contribution in [2.75, 3.05) is 5.32 Å². The molecule has 25 heavy (non-hydrogen) atoms. The second-order valence-corrected chi connectivity index (χ2v) is 6.51. The monoisotopic (exact) mass is 369 g/mol. The van der Waals surface area contributed by atoms with Crippen molar-refractivity contribution < 1.29 is 22.4 Å². The van der Waals surface area contributed by atoms with E-state index in [0.29, 0.717) is 17.5 Å². The van der Waals surface area contributed by atoms with Gasteiger partial charge in [0.1, 0.15) is 10.5 Å². The van der Waals surface area contributed by atoms with Crippen LogP contribution in [-0.4, -0.2) is 11.0 Å². The SMILES string of the molecule is Cc1ccc2c(CNC(=O)Nc3ncc(C(F)(F)F)s3)coc2c1C. The molecule has 0 radical (unpaired) electrons. The van der Waals surface area contributed by atoms with Crippen LogP contribution in [0.15, 0.2) is 29.0 Å². The van der Waals surface area contributed by atoms with E-state index in [9.17, 15) is 18.0 Å². The first-order valence-electron chi connectivity index (χ1n) is 7.30. The number of rotatable bonds is 3. The molecule has 0 unspecified atom stereocenters. The summed E-state index contributed by atoms with van der Waals surface area (Å²) in [4.78, 5) is 14.5. The molecule has 3 rings (SSSR count). The molecule has 5 nitrogen and oxygen atoms in total. The number of aromatic nitrogens is 1. The molecule has 2 aromatic heterocycles. The molecule has 0 bridgehead atoms. The van der Waals surface area contributed by atoms with Gasteiger partial charge in [0.2, 0.25) is 0 Å². The minimum atomic E-state index is -4.47. The van der Waals surface area contributed by atoms with Crippen LogP contribution >= 0.6 is 11.3 Å². The Bertz CT molecular complexity index is 930. The molecule has 0 fully saturated rings. The van der Waals surface area contributed by atoms with E-state index in [1.165, 1.54) is 0 Å². The van der Waals surface area contributed by atoms with Gasteiger partial charge < -0.3 is 9.73 Å². The van der Waals surface area contributed by atoms with E-state index in [1.807, 2.05) is 26.0 Å². The molecule has 0 aliphatic carbocycles. The first kappa shape index (κ1) is 17.3. The van der Waals surface area contributed by atoms with Gasteiger partial charge in [-0.15, -0.1) is 0 Å². The molecule has 0 atom stereocenters. The van der Waals surface area contributed by atoms with Crippen LogP contribution < -0.4 is 10.6 Å². The third-order valence-electron chi connectivity index (χ3n) is 3.79. The summed E-state index contributed by atoms with van der Waals surface area (Å²) in [7, 11) is 0. The zero-order valence-electron chi connectivity index (χ0n) is 13.3. The van der Waals surface area contributed by atoms with E-state index < -0.39 is 17.1 Å². The van der Waals surface area contributed by atoms with Gasteiger partial charge in [0.05, 0.1) is 12.5 Å². The molecular formula is C16H14F3N3O2S. The zero-order chi connectivity index (χ0) is 18.2. The van der Waals surface area contributed by atoms with Crippen molar-refractivity contribution in [3.8, 4) is 0 Å². The number of carbonyl (C=O) groups is 1. The summed E-state index contributed by atoms with van der Waals surface area (Å²) >= 11 is 0.371. The molecule has 0 spiro atoms. The normalized spacial score (nSPS) is 11.7. The lowest BCUT2D eigenvalue weighted by Crippen LogP contribution is -2.28. The Kier molecular flexibility index (Phi) is 4.42. The van der Waals surface area contributed by atoms with Crippen LogP contribution in [0.4, 0.5) is 23.1 Å². The number of halogens is 3. The molecule has 2 heterocycles. The van der Waals surface area contributed by atoms with Crippen molar-refractivity contribution >= 4 is 33.5 Å². The molecule has 3 aromatic rings. The number of aryl methyl sites for hydroxylation is 2. The minimum Gasteiger partial charge on any atom is -0.464 e. The van der Waals surface area contributed by atoms with Crippen LogP contribution in [0.1, 0.15) is 21.6 Å². The van der Waals surface area contributed by atoms with Crippen LogP contribution in [0.25, 0.3) is 11.0 Å². The van der Waals surface area contributed by atoms with Crippen molar-refractivity contribution in [3.05, 3.63) is 46.2 Å². The Morgan fingerprint density at radius 3 is 2.76 bits per heavy atom. The largest absolute Gasteiger partial charge is 0.464 e. The summed E-state index contributed by atoms with van der Waals surface area (Å²) in [6, 6.07) is 3.23. The highest BCUT2D eigenvalue weighted by Crippen LogP contribution is 2.35. The van der Waals surface area contributed by atoms with E-state index in [2.05, 4.69) is 15.6 Å². The van der Waals surface area contributed by atoms with Crippen molar-refractivity contribution in [2.45, 2.75) is 26.6 Å². The highest BCUT2D eigenvalue weighted by Gasteiger charge is 2.33. The Labute approximate surface area is 144 Å². The smallest absolute Gasteiger partial charge is 0.427 e. The summed E-state index contributed by atoms with van der Waals surface area (Å²) in [5.41, 5.74) is 3.66. The van der Waals surface area contributed by atoms with E-state index in [4.69, 9.17) is 4.42 Å². The first-order chi connectivity index (χ1) is 11.8. The second-order valence-electron chi connectivity index (χ2n) is 5.48. The van der Waals surface area contributed by atoms with Gasteiger partial charge in [0.25, 0.3) is 0 Å². The lowest BCUT2D eigenvalue weighted by atomic mass is 10.1. The van der Waals surface area contributed by atoms with Crippen LogP contribution in [0.2, 0.25) is 0 Å². The number of thiazole rings is 1. The van der Waals surface area contributed by atoms with Crippen molar-refractivity contribution in [1.82, 2.24) is 10.3 Å². The summed E-state index contributed by atoms with van der Waals surface area (Å²) < 4.78 is 43.1. The minimum absolute atomic E-state index is 0.117. The number of amides is 2. The number of hydrogen-bond donors (Lipinski definition) is 2. The van der Waals surface area contributed by atoms with Crippen LogP contribution in [0.5, 0.6) is 0 Å². The highest BCUT2D eigenvalue weighted by molar-refractivity contribution is 7.15. The third-order valence-corrected chi connectivity index (χ3v) is 4.74. The maximum Gasteiger partial charge on any atom is 0.427 e. The standard InChI is InChI=1S/C16H14F3N3O2S/c1-8-3-4-11-10(7-24-13(11)9(8)2)5-20-14(23)22-15-21-6-12(25-15)16(17,18)19/h3-4,6-7H,5H2,1-2H3,(H2,20,21,22,23). The number of urea groups is 1. The maximum atomic E-state index is 12.5. The molecule has 2 amide bonds. The maximum absolute atomic E-state index is 12.5. The summed E-state index contributed by atoms with van der Waals surface area (Å²) in [6.45, 7) is 4.11. The third kappa shape index (κ3) is 3.60. The van der Waals surface area contributed by atoms with Crippen molar-refractivity contribution in [3.63, 3.8) is 0 Å². The van der Waals surface area contributed by atoms with E-state index in [0.717, 1.165) is 27.7 Å². The number of carbonyl (C=O) groups excluding carboxylic acids is 1. The molecular weight excluding hydrogens is 355 g/mol. The topological polar surface area (TPSA) is 67.2 Å². The molecule has 0 aliphatic rings. The van der Waals surface area contributed by atoms with Crippen LogP contribution in [0, 0.1) is 13.8 Å². The molecule has 0 aliphatic heterocycles. The predicted octanol–water partition coefficient (Wildman–Crippen LogP) is 4.85. The van der Waals surface area contributed by atoms with Gasteiger partial charge in [-0.25, -0.2) is 9.78 Å². The number of nitrogens with one attached hydrogen (secondary N) is 2. The second kappa shape index (κ2) is 6.40. The van der Waals surface area contributed by atoms with Crippen LogP contribution in [-0.2, 0) is 12.7 Å². The number of benzene rings is 1. The van der Waals surface area contributed by atoms with Crippen LogP contribution in [0.3, 0.4) is 0 Å². The average molecular weight is 369 g/mol. The predicted molar refractivity (Wildman–Crippen MR) is 88.7 cm³/mol. The number of anilines is 1. The fourth-order valence-corrected chi connectivity index (χ4v) is 2.98.